The summed E-state index contributed by atoms with van der Waals surface area (Å²) in [5.74, 6) is 1.50. The van der Waals surface area contributed by atoms with E-state index >= 15 is 0 Å². The summed E-state index contributed by atoms with van der Waals surface area (Å²) < 4.78 is 5.49. The highest BCUT2D eigenvalue weighted by Crippen LogP contribution is 2.27. The van der Waals surface area contributed by atoms with Gasteiger partial charge in [-0.05, 0) is 39.8 Å². The van der Waals surface area contributed by atoms with Crippen LogP contribution < -0.4 is 10.1 Å². The van der Waals surface area contributed by atoms with Gasteiger partial charge in [-0.25, -0.2) is 4.98 Å². The zero-order valence-corrected chi connectivity index (χ0v) is 11.0. The van der Waals surface area contributed by atoms with E-state index in [0.29, 0.717) is 6.61 Å². The van der Waals surface area contributed by atoms with Crippen molar-refractivity contribution in [1.82, 2.24) is 4.98 Å². The minimum Gasteiger partial charge on any atom is -0.490 e. The second-order valence-electron chi connectivity index (χ2n) is 4.25. The van der Waals surface area contributed by atoms with Crippen molar-refractivity contribution in [2.24, 2.45) is 0 Å². The Labute approximate surface area is 102 Å². The first kappa shape index (κ1) is 13.1. The molecule has 0 amide bonds. The molecule has 0 aliphatic rings. The molecule has 90 valence electrons. The number of rotatable bonds is 5. The van der Waals surface area contributed by atoms with Gasteiger partial charge in [0.1, 0.15) is 0 Å². The summed E-state index contributed by atoms with van der Waals surface area (Å²) in [5, 5.41) is 3.29. The molecule has 1 aromatic rings. The van der Waals surface area contributed by atoms with Crippen molar-refractivity contribution in [2.75, 3.05) is 11.9 Å². The van der Waals surface area contributed by atoms with E-state index in [9.17, 15) is 0 Å². The molecular weight excluding hydrogens is 224 g/mol. The molecule has 4 heteroatoms. The van der Waals surface area contributed by atoms with E-state index < -0.39 is 0 Å². The molecule has 3 nitrogen and oxygen atoms in total. The van der Waals surface area contributed by atoms with Crippen molar-refractivity contribution in [3.63, 3.8) is 0 Å². The molecule has 0 saturated heterocycles. The number of aromatic nitrogens is 1. The number of halogens is 1. The lowest BCUT2D eigenvalue weighted by Crippen LogP contribution is -2.39. The van der Waals surface area contributed by atoms with E-state index in [4.69, 9.17) is 16.3 Å². The number of nitrogens with zero attached hydrogens (tertiary/aromatic N) is 1. The molecule has 1 atom stereocenters. The number of nitrogens with one attached hydrogen (secondary N) is 1. The standard InChI is InChI=1S/C12H19ClN2O/c1-5-16-10-7-6-8-14-11(10)15-12(3,4)9(2)13/h6-9H,5H2,1-4H3,(H,14,15). The average molecular weight is 243 g/mol. The van der Waals surface area contributed by atoms with Crippen molar-refractivity contribution >= 4 is 17.4 Å². The Balaban J connectivity index is 2.88. The highest BCUT2D eigenvalue weighted by atomic mass is 35.5. The van der Waals surface area contributed by atoms with Crippen LogP contribution in [-0.2, 0) is 0 Å². The number of anilines is 1. The maximum Gasteiger partial charge on any atom is 0.169 e. The number of pyridine rings is 1. The molecule has 1 aromatic heterocycles. The smallest absolute Gasteiger partial charge is 0.169 e. The topological polar surface area (TPSA) is 34.1 Å². The van der Waals surface area contributed by atoms with Crippen LogP contribution in [0.2, 0.25) is 0 Å². The summed E-state index contributed by atoms with van der Waals surface area (Å²) in [6.07, 6.45) is 1.74. The molecule has 0 aliphatic heterocycles. The predicted molar refractivity (Wildman–Crippen MR) is 68.4 cm³/mol. The van der Waals surface area contributed by atoms with Gasteiger partial charge in [0.15, 0.2) is 11.6 Å². The Morgan fingerprint density at radius 3 is 2.81 bits per heavy atom. The fraction of sp³-hybridized carbons (Fsp3) is 0.583. The van der Waals surface area contributed by atoms with Gasteiger partial charge in [-0.3, -0.25) is 0 Å². The third-order valence-corrected chi connectivity index (χ3v) is 3.05. The summed E-state index contributed by atoms with van der Waals surface area (Å²) in [5.41, 5.74) is -0.234. The van der Waals surface area contributed by atoms with Crippen LogP contribution in [0, 0.1) is 0 Å². The van der Waals surface area contributed by atoms with Gasteiger partial charge in [0.05, 0.1) is 12.0 Å². The minimum absolute atomic E-state index is 0.0102. The van der Waals surface area contributed by atoms with Crippen molar-refractivity contribution in [3.8, 4) is 5.75 Å². The Morgan fingerprint density at radius 1 is 1.56 bits per heavy atom. The Kier molecular flexibility index (Phi) is 4.42. The van der Waals surface area contributed by atoms with Gasteiger partial charge in [-0.1, -0.05) is 0 Å². The molecule has 0 fully saturated rings. The van der Waals surface area contributed by atoms with Crippen LogP contribution in [0.5, 0.6) is 5.75 Å². The molecule has 0 radical (unpaired) electrons. The Morgan fingerprint density at radius 2 is 2.25 bits per heavy atom. The summed E-state index contributed by atoms with van der Waals surface area (Å²) in [6, 6.07) is 3.75. The van der Waals surface area contributed by atoms with Crippen molar-refractivity contribution in [2.45, 2.75) is 38.6 Å². The molecule has 0 aromatic carbocycles. The van der Waals surface area contributed by atoms with E-state index in [1.807, 2.05) is 39.8 Å². The quantitative estimate of drug-likeness (QED) is 0.805. The van der Waals surface area contributed by atoms with Crippen LogP contribution in [-0.4, -0.2) is 22.5 Å². The maximum atomic E-state index is 6.12. The SMILES string of the molecule is CCOc1cccnc1NC(C)(C)C(C)Cl. The predicted octanol–water partition coefficient (Wildman–Crippen LogP) is 3.30. The first-order chi connectivity index (χ1) is 7.47. The van der Waals surface area contributed by atoms with E-state index in [0.717, 1.165) is 11.6 Å². The fourth-order valence-electron chi connectivity index (χ4n) is 1.16. The largest absolute Gasteiger partial charge is 0.490 e. The molecule has 1 heterocycles. The van der Waals surface area contributed by atoms with Gasteiger partial charge >= 0.3 is 0 Å². The first-order valence-electron chi connectivity index (χ1n) is 5.47. The molecule has 0 spiro atoms. The summed E-state index contributed by atoms with van der Waals surface area (Å²) >= 11 is 6.12. The lowest BCUT2D eigenvalue weighted by atomic mass is 10.0. The molecule has 0 saturated carbocycles. The highest BCUT2D eigenvalue weighted by molar-refractivity contribution is 6.21. The molecule has 1 unspecified atom stereocenters. The van der Waals surface area contributed by atoms with Crippen LogP contribution in [0.4, 0.5) is 5.82 Å². The maximum absolute atomic E-state index is 6.12. The zero-order valence-electron chi connectivity index (χ0n) is 10.2. The Hall–Kier alpha value is -0.960. The van der Waals surface area contributed by atoms with E-state index in [1.54, 1.807) is 6.20 Å². The molecule has 1 rings (SSSR count). The zero-order chi connectivity index (χ0) is 12.2. The van der Waals surface area contributed by atoms with Crippen LogP contribution >= 0.6 is 11.6 Å². The fourth-order valence-corrected chi connectivity index (χ4v) is 1.22. The average Bonchev–Trinajstić information content (AvgIpc) is 2.20. The third-order valence-electron chi connectivity index (χ3n) is 2.51. The van der Waals surface area contributed by atoms with Crippen LogP contribution in [0.3, 0.4) is 0 Å². The second kappa shape index (κ2) is 5.39. The van der Waals surface area contributed by atoms with Crippen LogP contribution in [0.15, 0.2) is 18.3 Å². The van der Waals surface area contributed by atoms with Crippen LogP contribution in [0.25, 0.3) is 0 Å². The number of hydrogen-bond acceptors (Lipinski definition) is 3. The summed E-state index contributed by atoms with van der Waals surface area (Å²) in [4.78, 5) is 4.27. The van der Waals surface area contributed by atoms with Crippen molar-refractivity contribution < 1.29 is 4.74 Å². The highest BCUT2D eigenvalue weighted by Gasteiger charge is 2.25. The first-order valence-corrected chi connectivity index (χ1v) is 5.91. The number of hydrogen-bond donors (Lipinski definition) is 1. The minimum atomic E-state index is -0.234. The molecule has 0 aliphatic carbocycles. The third kappa shape index (κ3) is 3.27. The lowest BCUT2D eigenvalue weighted by molar-refractivity contribution is 0.339. The number of alkyl halides is 1. The van der Waals surface area contributed by atoms with Gasteiger partial charge in [0.2, 0.25) is 0 Å². The monoisotopic (exact) mass is 242 g/mol. The van der Waals surface area contributed by atoms with Gasteiger partial charge in [0, 0.05) is 11.7 Å². The molecule has 16 heavy (non-hydrogen) atoms. The van der Waals surface area contributed by atoms with E-state index in [1.165, 1.54) is 0 Å². The van der Waals surface area contributed by atoms with E-state index in [-0.39, 0.29) is 10.9 Å². The van der Waals surface area contributed by atoms with Crippen molar-refractivity contribution in [1.29, 1.82) is 0 Å². The van der Waals surface area contributed by atoms with Crippen molar-refractivity contribution in [3.05, 3.63) is 18.3 Å². The second-order valence-corrected chi connectivity index (χ2v) is 4.90. The van der Waals surface area contributed by atoms with Gasteiger partial charge in [-0.2, -0.15) is 0 Å². The van der Waals surface area contributed by atoms with Gasteiger partial charge in [0.25, 0.3) is 0 Å². The molecule has 1 N–H and O–H groups in total. The summed E-state index contributed by atoms with van der Waals surface area (Å²) in [7, 11) is 0. The Bertz CT molecular complexity index is 340. The summed E-state index contributed by atoms with van der Waals surface area (Å²) in [6.45, 7) is 8.60. The molecular formula is C12H19ClN2O. The molecule has 0 bridgehead atoms. The number of ether oxygens (including phenoxy) is 1. The normalized spacial score (nSPS) is 13.3. The van der Waals surface area contributed by atoms with Crippen LogP contribution in [0.1, 0.15) is 27.7 Å². The van der Waals surface area contributed by atoms with Gasteiger partial charge < -0.3 is 10.1 Å². The van der Waals surface area contributed by atoms with Gasteiger partial charge in [-0.15, -0.1) is 11.6 Å². The van der Waals surface area contributed by atoms with E-state index in [2.05, 4.69) is 10.3 Å². The lowest BCUT2D eigenvalue weighted by Gasteiger charge is -2.30.